The number of carboxylic acids is 1. The summed E-state index contributed by atoms with van der Waals surface area (Å²) in [4.78, 5) is 30.5. The van der Waals surface area contributed by atoms with Gasteiger partial charge in [-0.15, -0.1) is 0 Å². The molecule has 1 aliphatic rings. The predicted octanol–water partition coefficient (Wildman–Crippen LogP) is 0.521. The Morgan fingerprint density at radius 1 is 1.12 bits per heavy atom. The Morgan fingerprint density at radius 2 is 1.74 bits per heavy atom. The van der Waals surface area contributed by atoms with E-state index in [1.54, 1.807) is 30.3 Å². The standard InChI is InChI=1S/C20H25N3O9S2/c1-33(27,28)23-18(24)17(31-12-14-6-4-3-5-7-14)16(19(25)26)21-20(23)22-10-8-15(9-11-22)13-32-34(2,29)30/h3-7,15H,8-13H2,1-2H3,(H,25,26). The molecule has 1 fully saturated rings. The van der Waals surface area contributed by atoms with Crippen molar-refractivity contribution in [1.29, 1.82) is 0 Å². The molecule has 0 bridgehead atoms. The summed E-state index contributed by atoms with van der Waals surface area (Å²) in [6.45, 7) is 0.241. The number of aromatic nitrogens is 2. The SMILES string of the molecule is CS(=O)(=O)OCC1CCN(c2nc(C(=O)O)c(OCc3ccccc3)c(=O)n2S(C)(=O)=O)CC1. The molecule has 1 aromatic carbocycles. The van der Waals surface area contributed by atoms with Crippen molar-refractivity contribution < 1.29 is 35.7 Å². The molecule has 0 amide bonds. The lowest BCUT2D eigenvalue weighted by atomic mass is 9.98. The van der Waals surface area contributed by atoms with Gasteiger partial charge in [0.25, 0.3) is 10.1 Å². The number of carbonyl (C=O) groups is 1. The van der Waals surface area contributed by atoms with Crippen LogP contribution >= 0.6 is 0 Å². The van der Waals surface area contributed by atoms with Gasteiger partial charge in [0.1, 0.15) is 6.61 Å². The highest BCUT2D eigenvalue weighted by Crippen LogP contribution is 2.25. The molecule has 1 aromatic heterocycles. The van der Waals surface area contributed by atoms with Crippen molar-refractivity contribution >= 4 is 32.1 Å². The summed E-state index contributed by atoms with van der Waals surface area (Å²) < 4.78 is 58.2. The molecule has 0 radical (unpaired) electrons. The van der Waals surface area contributed by atoms with E-state index < -0.39 is 43.1 Å². The van der Waals surface area contributed by atoms with Gasteiger partial charge < -0.3 is 14.7 Å². The Kier molecular flexibility index (Phi) is 7.63. The first-order valence-corrected chi connectivity index (χ1v) is 13.9. The minimum atomic E-state index is -4.18. The summed E-state index contributed by atoms with van der Waals surface area (Å²) in [5.41, 5.74) is -1.20. The molecule has 3 rings (SSSR count). The molecule has 1 saturated heterocycles. The number of hydrogen-bond acceptors (Lipinski definition) is 10. The zero-order valence-electron chi connectivity index (χ0n) is 18.6. The van der Waals surface area contributed by atoms with Crippen molar-refractivity contribution in [3.05, 3.63) is 51.9 Å². The van der Waals surface area contributed by atoms with Gasteiger partial charge in [-0.1, -0.05) is 30.3 Å². The first-order chi connectivity index (χ1) is 15.9. The van der Waals surface area contributed by atoms with E-state index in [0.717, 1.165) is 12.5 Å². The van der Waals surface area contributed by atoms with E-state index in [4.69, 9.17) is 8.92 Å². The fraction of sp³-hybridized carbons (Fsp3) is 0.450. The van der Waals surface area contributed by atoms with Gasteiger partial charge in [-0.25, -0.2) is 18.2 Å². The molecule has 1 aliphatic heterocycles. The van der Waals surface area contributed by atoms with E-state index in [-0.39, 0.29) is 38.2 Å². The Morgan fingerprint density at radius 3 is 2.26 bits per heavy atom. The highest BCUT2D eigenvalue weighted by atomic mass is 32.2. The minimum Gasteiger partial charge on any atom is -0.481 e. The maximum Gasteiger partial charge on any atom is 0.358 e. The number of piperidine rings is 1. The predicted molar refractivity (Wildman–Crippen MR) is 122 cm³/mol. The van der Waals surface area contributed by atoms with Crippen molar-refractivity contribution in [1.82, 2.24) is 8.96 Å². The molecule has 0 saturated carbocycles. The van der Waals surface area contributed by atoms with Crippen molar-refractivity contribution in [2.75, 3.05) is 37.1 Å². The third kappa shape index (κ3) is 6.33. The smallest absolute Gasteiger partial charge is 0.358 e. The third-order valence-electron chi connectivity index (χ3n) is 5.16. The molecule has 0 spiro atoms. The van der Waals surface area contributed by atoms with Crippen LogP contribution in [-0.2, 0) is 30.9 Å². The van der Waals surface area contributed by atoms with Gasteiger partial charge in [-0.05, 0) is 24.3 Å². The van der Waals surface area contributed by atoms with Crippen LogP contribution in [0.1, 0.15) is 28.9 Å². The normalized spacial score (nSPS) is 15.3. The van der Waals surface area contributed by atoms with E-state index in [9.17, 15) is 31.5 Å². The van der Waals surface area contributed by atoms with Crippen molar-refractivity contribution in [2.45, 2.75) is 19.4 Å². The fourth-order valence-electron chi connectivity index (χ4n) is 3.50. The van der Waals surface area contributed by atoms with Gasteiger partial charge in [-0.2, -0.15) is 12.4 Å². The Labute approximate surface area is 196 Å². The molecule has 2 heterocycles. The molecule has 2 aromatic rings. The maximum absolute atomic E-state index is 13.1. The maximum atomic E-state index is 13.1. The van der Waals surface area contributed by atoms with Crippen LogP contribution in [0.2, 0.25) is 0 Å². The number of rotatable bonds is 9. The third-order valence-corrected chi connectivity index (χ3v) is 6.72. The van der Waals surface area contributed by atoms with Crippen molar-refractivity contribution in [3.8, 4) is 5.75 Å². The van der Waals surface area contributed by atoms with Gasteiger partial charge in [0, 0.05) is 13.1 Å². The molecule has 34 heavy (non-hydrogen) atoms. The molecular weight excluding hydrogens is 490 g/mol. The molecule has 0 aliphatic carbocycles. The monoisotopic (exact) mass is 515 g/mol. The summed E-state index contributed by atoms with van der Waals surface area (Å²) in [5, 5.41) is 9.66. The van der Waals surface area contributed by atoms with Gasteiger partial charge in [0.05, 0.1) is 19.1 Å². The molecule has 186 valence electrons. The van der Waals surface area contributed by atoms with E-state index in [0.29, 0.717) is 22.4 Å². The lowest BCUT2D eigenvalue weighted by Gasteiger charge is -2.33. The van der Waals surface area contributed by atoms with Gasteiger partial charge in [0.15, 0.2) is 5.69 Å². The van der Waals surface area contributed by atoms with Gasteiger partial charge >= 0.3 is 11.5 Å². The number of anilines is 1. The zero-order valence-corrected chi connectivity index (χ0v) is 20.2. The number of carboxylic acid groups (broad SMARTS) is 1. The number of aromatic carboxylic acids is 1. The molecule has 12 nitrogen and oxygen atoms in total. The van der Waals surface area contributed by atoms with E-state index in [1.807, 2.05) is 0 Å². The lowest BCUT2D eigenvalue weighted by molar-refractivity contribution is 0.0684. The molecular formula is C20H25N3O9S2. The molecule has 0 atom stereocenters. The second kappa shape index (κ2) is 10.1. The van der Waals surface area contributed by atoms with Crippen molar-refractivity contribution in [2.24, 2.45) is 5.92 Å². The Hall–Kier alpha value is -2.97. The number of hydrogen-bond donors (Lipinski definition) is 1. The Balaban J connectivity index is 1.95. The van der Waals surface area contributed by atoms with Crippen LogP contribution in [0.4, 0.5) is 5.95 Å². The summed E-state index contributed by atoms with van der Waals surface area (Å²) >= 11 is 0. The summed E-state index contributed by atoms with van der Waals surface area (Å²) in [5.74, 6) is -2.67. The highest BCUT2D eigenvalue weighted by molar-refractivity contribution is 7.89. The van der Waals surface area contributed by atoms with Crippen LogP contribution in [0.25, 0.3) is 0 Å². The van der Waals surface area contributed by atoms with Crippen LogP contribution in [0, 0.1) is 5.92 Å². The van der Waals surface area contributed by atoms with E-state index in [2.05, 4.69) is 4.98 Å². The fourth-order valence-corrected chi connectivity index (χ4v) is 4.78. The second-order valence-corrected chi connectivity index (χ2v) is 11.4. The van der Waals surface area contributed by atoms with Crippen molar-refractivity contribution in [3.63, 3.8) is 0 Å². The molecule has 0 unspecified atom stereocenters. The lowest BCUT2D eigenvalue weighted by Crippen LogP contribution is -2.42. The molecule has 14 heteroatoms. The molecule has 1 N–H and O–H groups in total. The van der Waals surface area contributed by atoms with Crippen LogP contribution in [-0.4, -0.2) is 69.1 Å². The van der Waals surface area contributed by atoms with Gasteiger partial charge in [0.2, 0.25) is 21.7 Å². The van der Waals surface area contributed by atoms with E-state index >= 15 is 0 Å². The minimum absolute atomic E-state index is 0.0222. The van der Waals surface area contributed by atoms with Crippen LogP contribution in [0.5, 0.6) is 5.75 Å². The summed E-state index contributed by atoms with van der Waals surface area (Å²) in [6, 6.07) is 8.65. The Bertz CT molecular complexity index is 1320. The quantitative estimate of drug-likeness (QED) is 0.463. The first kappa shape index (κ1) is 25.6. The number of ether oxygens (including phenoxy) is 1. The van der Waals surface area contributed by atoms with Gasteiger partial charge in [-0.3, -0.25) is 8.98 Å². The number of benzene rings is 1. The van der Waals surface area contributed by atoms with Crippen LogP contribution < -0.4 is 15.2 Å². The average molecular weight is 516 g/mol. The largest absolute Gasteiger partial charge is 0.481 e. The van der Waals surface area contributed by atoms with Crippen LogP contribution in [0.3, 0.4) is 0 Å². The summed E-state index contributed by atoms with van der Waals surface area (Å²) in [6.07, 6.45) is 2.60. The first-order valence-electron chi connectivity index (χ1n) is 10.2. The highest BCUT2D eigenvalue weighted by Gasteiger charge is 2.31. The zero-order chi connectivity index (χ0) is 25.1. The second-order valence-electron chi connectivity index (χ2n) is 7.92. The summed E-state index contributed by atoms with van der Waals surface area (Å²) in [7, 11) is -7.78. The number of nitrogens with zero attached hydrogens (tertiary/aromatic N) is 3. The topological polar surface area (TPSA) is 162 Å². The van der Waals surface area contributed by atoms with E-state index in [1.165, 1.54) is 4.90 Å². The van der Waals surface area contributed by atoms with Crippen LogP contribution in [0.15, 0.2) is 35.1 Å². The average Bonchev–Trinajstić information content (AvgIpc) is 2.76.